The van der Waals surface area contributed by atoms with Crippen molar-refractivity contribution in [2.45, 2.75) is 18.9 Å². The first kappa shape index (κ1) is 13.4. The van der Waals surface area contributed by atoms with E-state index in [4.69, 9.17) is 4.74 Å². The van der Waals surface area contributed by atoms with E-state index in [0.29, 0.717) is 5.82 Å². The van der Waals surface area contributed by atoms with E-state index in [9.17, 15) is 9.50 Å². The van der Waals surface area contributed by atoms with Crippen molar-refractivity contribution in [1.82, 2.24) is 20.2 Å². The SMILES string of the molecule is COc1cccc(F)c1C(C)(O)Cc1nnn(C)n1. The zero-order valence-electron chi connectivity index (χ0n) is 11.0. The van der Waals surface area contributed by atoms with Gasteiger partial charge in [-0.05, 0) is 24.3 Å². The van der Waals surface area contributed by atoms with Crippen molar-refractivity contribution < 1.29 is 14.2 Å². The zero-order valence-corrected chi connectivity index (χ0v) is 11.0. The van der Waals surface area contributed by atoms with Crippen LogP contribution >= 0.6 is 0 Å². The second-order valence-corrected chi connectivity index (χ2v) is 4.46. The standard InChI is InChI=1S/C12H15FN4O2/c1-12(18,7-10-14-16-17(2)15-10)11-8(13)5-4-6-9(11)19-3/h4-6,18H,7H2,1-3H3. The highest BCUT2D eigenvalue weighted by Gasteiger charge is 2.32. The lowest BCUT2D eigenvalue weighted by atomic mass is 9.91. The second kappa shape index (κ2) is 4.93. The third-order valence-corrected chi connectivity index (χ3v) is 2.79. The van der Waals surface area contributed by atoms with Gasteiger partial charge in [-0.1, -0.05) is 6.07 Å². The van der Waals surface area contributed by atoms with Crippen LogP contribution in [-0.2, 0) is 19.1 Å². The summed E-state index contributed by atoms with van der Waals surface area (Å²) < 4.78 is 19.0. The highest BCUT2D eigenvalue weighted by Crippen LogP contribution is 2.33. The number of rotatable bonds is 4. The van der Waals surface area contributed by atoms with E-state index >= 15 is 0 Å². The summed E-state index contributed by atoms with van der Waals surface area (Å²) in [6, 6.07) is 4.39. The Bertz CT molecular complexity index is 583. The van der Waals surface area contributed by atoms with Crippen molar-refractivity contribution in [2.24, 2.45) is 7.05 Å². The Morgan fingerprint density at radius 1 is 1.47 bits per heavy atom. The van der Waals surface area contributed by atoms with Crippen LogP contribution in [0.5, 0.6) is 5.75 Å². The first-order chi connectivity index (χ1) is 8.94. The zero-order chi connectivity index (χ0) is 14.0. The molecule has 102 valence electrons. The third kappa shape index (κ3) is 2.70. The van der Waals surface area contributed by atoms with Gasteiger partial charge >= 0.3 is 0 Å². The molecule has 0 saturated heterocycles. The fourth-order valence-electron chi connectivity index (χ4n) is 1.99. The summed E-state index contributed by atoms with van der Waals surface area (Å²) in [6.07, 6.45) is 0.0398. The van der Waals surface area contributed by atoms with Crippen LogP contribution in [0.3, 0.4) is 0 Å². The summed E-state index contributed by atoms with van der Waals surface area (Å²) >= 11 is 0. The van der Waals surface area contributed by atoms with Crippen molar-refractivity contribution in [3.8, 4) is 5.75 Å². The molecule has 0 aliphatic rings. The van der Waals surface area contributed by atoms with Crippen molar-refractivity contribution in [1.29, 1.82) is 0 Å². The average Bonchev–Trinajstić information content (AvgIpc) is 2.73. The summed E-state index contributed by atoms with van der Waals surface area (Å²) in [6.45, 7) is 1.49. The van der Waals surface area contributed by atoms with Crippen LogP contribution < -0.4 is 4.74 Å². The van der Waals surface area contributed by atoms with Gasteiger partial charge in [0.15, 0.2) is 5.82 Å². The quantitative estimate of drug-likeness (QED) is 0.886. The summed E-state index contributed by atoms with van der Waals surface area (Å²) in [5, 5.41) is 22.0. The highest BCUT2D eigenvalue weighted by molar-refractivity contribution is 5.39. The predicted octanol–water partition coefficient (Wildman–Crippen LogP) is 0.808. The monoisotopic (exact) mass is 266 g/mol. The molecule has 0 spiro atoms. The van der Waals surface area contributed by atoms with Gasteiger partial charge in [-0.25, -0.2) is 4.39 Å². The van der Waals surface area contributed by atoms with Crippen LogP contribution in [0.15, 0.2) is 18.2 Å². The van der Waals surface area contributed by atoms with Gasteiger partial charge in [0.2, 0.25) is 0 Å². The van der Waals surface area contributed by atoms with E-state index in [1.165, 1.54) is 31.0 Å². The number of ether oxygens (including phenoxy) is 1. The third-order valence-electron chi connectivity index (χ3n) is 2.79. The van der Waals surface area contributed by atoms with E-state index in [1.807, 2.05) is 0 Å². The highest BCUT2D eigenvalue weighted by atomic mass is 19.1. The second-order valence-electron chi connectivity index (χ2n) is 4.46. The minimum absolute atomic E-state index is 0.0398. The number of hydrogen-bond acceptors (Lipinski definition) is 5. The first-order valence-electron chi connectivity index (χ1n) is 5.72. The number of hydrogen-bond donors (Lipinski definition) is 1. The van der Waals surface area contributed by atoms with Crippen LogP contribution in [0.2, 0.25) is 0 Å². The number of methoxy groups -OCH3 is 1. The van der Waals surface area contributed by atoms with Gasteiger partial charge in [0.05, 0.1) is 19.7 Å². The molecule has 0 radical (unpaired) electrons. The fraction of sp³-hybridized carbons (Fsp3) is 0.417. The van der Waals surface area contributed by atoms with Gasteiger partial charge in [0.1, 0.15) is 17.2 Å². The largest absolute Gasteiger partial charge is 0.496 e. The van der Waals surface area contributed by atoms with Crippen LogP contribution in [0.1, 0.15) is 18.3 Å². The molecule has 2 aromatic rings. The van der Waals surface area contributed by atoms with Crippen molar-refractivity contribution in [3.63, 3.8) is 0 Å². The molecule has 1 aromatic carbocycles. The lowest BCUT2D eigenvalue weighted by molar-refractivity contribution is 0.0488. The molecular weight excluding hydrogens is 251 g/mol. The van der Waals surface area contributed by atoms with Gasteiger partial charge in [0.25, 0.3) is 0 Å². The smallest absolute Gasteiger partial charge is 0.178 e. The van der Waals surface area contributed by atoms with Crippen LogP contribution in [0.25, 0.3) is 0 Å². The maximum Gasteiger partial charge on any atom is 0.178 e. The summed E-state index contributed by atoms with van der Waals surface area (Å²) in [5.41, 5.74) is -1.40. The lowest BCUT2D eigenvalue weighted by Crippen LogP contribution is -2.27. The molecular formula is C12H15FN4O2. The Morgan fingerprint density at radius 2 is 2.21 bits per heavy atom. The van der Waals surface area contributed by atoms with E-state index in [0.717, 1.165) is 0 Å². The minimum Gasteiger partial charge on any atom is -0.496 e. The molecule has 2 rings (SSSR count). The molecule has 1 N–H and O–H groups in total. The van der Waals surface area contributed by atoms with Crippen molar-refractivity contribution in [3.05, 3.63) is 35.4 Å². The van der Waals surface area contributed by atoms with Gasteiger partial charge in [-0.2, -0.15) is 4.80 Å². The molecule has 0 aliphatic heterocycles. The molecule has 0 bridgehead atoms. The van der Waals surface area contributed by atoms with Gasteiger partial charge < -0.3 is 9.84 Å². The number of aliphatic hydroxyl groups is 1. The van der Waals surface area contributed by atoms with Gasteiger partial charge in [-0.3, -0.25) is 0 Å². The van der Waals surface area contributed by atoms with E-state index < -0.39 is 11.4 Å². The lowest BCUT2D eigenvalue weighted by Gasteiger charge is -2.24. The molecule has 1 unspecified atom stereocenters. The molecule has 6 nitrogen and oxygen atoms in total. The normalized spacial score (nSPS) is 14.2. The first-order valence-corrected chi connectivity index (χ1v) is 5.72. The topological polar surface area (TPSA) is 73.1 Å². The Kier molecular flexibility index (Phi) is 3.48. The Labute approximate surface area is 109 Å². The summed E-state index contributed by atoms with van der Waals surface area (Å²) in [4.78, 5) is 1.28. The van der Waals surface area contributed by atoms with Gasteiger partial charge in [-0.15, -0.1) is 10.2 Å². The minimum atomic E-state index is -1.49. The summed E-state index contributed by atoms with van der Waals surface area (Å²) in [5.74, 6) is 0.0833. The van der Waals surface area contributed by atoms with E-state index in [2.05, 4.69) is 15.4 Å². The molecule has 0 saturated carbocycles. The number of nitrogens with zero attached hydrogens (tertiary/aromatic N) is 4. The van der Waals surface area contributed by atoms with Crippen LogP contribution in [0, 0.1) is 5.82 Å². The van der Waals surface area contributed by atoms with Crippen LogP contribution in [0.4, 0.5) is 4.39 Å². The van der Waals surface area contributed by atoms with Crippen molar-refractivity contribution >= 4 is 0 Å². The van der Waals surface area contributed by atoms with E-state index in [1.54, 1.807) is 13.1 Å². The molecule has 7 heteroatoms. The molecule has 1 atom stereocenters. The van der Waals surface area contributed by atoms with Crippen molar-refractivity contribution in [2.75, 3.05) is 7.11 Å². The fourth-order valence-corrected chi connectivity index (χ4v) is 1.99. The molecule has 1 aromatic heterocycles. The molecule has 1 heterocycles. The molecule has 0 fully saturated rings. The molecule has 0 amide bonds. The number of aromatic nitrogens is 4. The average molecular weight is 266 g/mol. The van der Waals surface area contributed by atoms with Gasteiger partial charge in [0, 0.05) is 6.42 Å². The molecule has 0 aliphatic carbocycles. The Balaban J connectivity index is 2.38. The maximum atomic E-state index is 13.9. The predicted molar refractivity (Wildman–Crippen MR) is 65.0 cm³/mol. The van der Waals surface area contributed by atoms with E-state index in [-0.39, 0.29) is 17.7 Å². The Morgan fingerprint density at radius 3 is 2.79 bits per heavy atom. The number of halogens is 1. The Hall–Kier alpha value is -2.02. The maximum absolute atomic E-state index is 13.9. The molecule has 19 heavy (non-hydrogen) atoms. The van der Waals surface area contributed by atoms with Crippen LogP contribution in [-0.4, -0.2) is 32.4 Å². The summed E-state index contributed by atoms with van der Waals surface area (Å²) in [7, 11) is 3.05. The number of tetrazole rings is 1. The number of benzene rings is 1. The number of aryl methyl sites for hydroxylation is 1.